The molecule has 0 saturated carbocycles. The predicted octanol–water partition coefficient (Wildman–Crippen LogP) is 3.16. The van der Waals surface area contributed by atoms with Crippen LogP contribution in [0.4, 0.5) is 0 Å². The first-order valence-corrected chi connectivity index (χ1v) is 8.12. The standard InChI is InChI=1S/C19H19NO6/c1-14(19(22)25-11-6-12-26-20(23)24)16-9-5-10-17(13-16)18(21)15-7-3-2-4-8-15/h2-5,7-10,13-14H,6,11-12H2,1H3/t14-/m0/s1. The van der Waals surface area contributed by atoms with Gasteiger partial charge in [0.1, 0.15) is 0 Å². The van der Waals surface area contributed by atoms with Crippen molar-refractivity contribution in [3.8, 4) is 0 Å². The van der Waals surface area contributed by atoms with E-state index in [-0.39, 0.29) is 25.4 Å². The minimum Gasteiger partial charge on any atom is -0.465 e. The minimum absolute atomic E-state index is 0.0274. The second-order valence-corrected chi connectivity index (χ2v) is 5.62. The van der Waals surface area contributed by atoms with Crippen LogP contribution in [0.3, 0.4) is 0 Å². The third kappa shape index (κ3) is 5.41. The molecule has 0 fully saturated rings. The molecule has 0 bridgehead atoms. The Morgan fingerprint density at radius 1 is 1.04 bits per heavy atom. The molecule has 0 unspecified atom stereocenters. The molecule has 0 spiro atoms. The number of carbonyl (C=O) groups is 2. The number of hydrogen-bond acceptors (Lipinski definition) is 6. The van der Waals surface area contributed by atoms with Gasteiger partial charge in [0.2, 0.25) is 0 Å². The topological polar surface area (TPSA) is 95.7 Å². The monoisotopic (exact) mass is 357 g/mol. The largest absolute Gasteiger partial charge is 0.465 e. The van der Waals surface area contributed by atoms with Crippen LogP contribution >= 0.6 is 0 Å². The average Bonchev–Trinajstić information content (AvgIpc) is 2.67. The molecule has 0 aliphatic carbocycles. The van der Waals surface area contributed by atoms with E-state index in [0.717, 1.165) is 0 Å². The van der Waals surface area contributed by atoms with Crippen LogP contribution in [0.25, 0.3) is 0 Å². The van der Waals surface area contributed by atoms with Crippen LogP contribution in [0, 0.1) is 10.1 Å². The lowest BCUT2D eigenvalue weighted by atomic mass is 9.96. The van der Waals surface area contributed by atoms with Gasteiger partial charge in [-0.2, -0.15) is 0 Å². The Kier molecular flexibility index (Phi) is 6.84. The van der Waals surface area contributed by atoms with Gasteiger partial charge in [0.15, 0.2) is 5.78 Å². The van der Waals surface area contributed by atoms with Gasteiger partial charge in [-0.3, -0.25) is 9.59 Å². The van der Waals surface area contributed by atoms with Gasteiger partial charge in [-0.05, 0) is 18.6 Å². The zero-order chi connectivity index (χ0) is 18.9. The highest BCUT2D eigenvalue weighted by Crippen LogP contribution is 2.20. The highest BCUT2D eigenvalue weighted by molar-refractivity contribution is 6.09. The summed E-state index contributed by atoms with van der Waals surface area (Å²) in [5.41, 5.74) is 1.73. The molecule has 26 heavy (non-hydrogen) atoms. The number of nitrogens with zero attached hydrogens (tertiary/aromatic N) is 1. The smallest absolute Gasteiger partial charge is 0.313 e. The Labute approximate surface area is 150 Å². The number of hydrogen-bond donors (Lipinski definition) is 0. The molecular weight excluding hydrogens is 338 g/mol. The van der Waals surface area contributed by atoms with E-state index in [1.807, 2.05) is 6.07 Å². The zero-order valence-corrected chi connectivity index (χ0v) is 14.3. The van der Waals surface area contributed by atoms with E-state index in [0.29, 0.717) is 16.7 Å². The molecular formula is C19H19NO6. The van der Waals surface area contributed by atoms with Gasteiger partial charge < -0.3 is 9.57 Å². The number of carbonyl (C=O) groups excluding carboxylic acids is 2. The van der Waals surface area contributed by atoms with Crippen molar-refractivity contribution in [2.24, 2.45) is 0 Å². The molecule has 136 valence electrons. The van der Waals surface area contributed by atoms with Crippen LogP contribution in [0.2, 0.25) is 0 Å². The SMILES string of the molecule is C[C@H](C(=O)OCCCO[N+](=O)[O-])c1cccc(C(=O)c2ccccc2)c1. The van der Waals surface area contributed by atoms with Crippen LogP contribution in [0.15, 0.2) is 54.6 Å². The molecule has 7 heteroatoms. The number of esters is 1. The molecule has 1 atom stereocenters. The number of ether oxygens (including phenoxy) is 1. The Hall–Kier alpha value is -3.22. The third-order valence-corrected chi connectivity index (χ3v) is 3.77. The molecule has 0 saturated heterocycles. The third-order valence-electron chi connectivity index (χ3n) is 3.77. The molecule has 0 aromatic heterocycles. The van der Waals surface area contributed by atoms with E-state index in [1.165, 1.54) is 0 Å². The van der Waals surface area contributed by atoms with Crippen molar-refractivity contribution < 1.29 is 24.3 Å². The fourth-order valence-corrected chi connectivity index (χ4v) is 2.34. The fraction of sp³-hybridized carbons (Fsp3) is 0.263. The molecule has 2 aromatic rings. The lowest BCUT2D eigenvalue weighted by Crippen LogP contribution is -2.16. The van der Waals surface area contributed by atoms with Gasteiger partial charge in [0.05, 0.1) is 19.1 Å². The average molecular weight is 357 g/mol. The van der Waals surface area contributed by atoms with Gasteiger partial charge >= 0.3 is 5.97 Å². The molecule has 0 amide bonds. The van der Waals surface area contributed by atoms with Gasteiger partial charge in [-0.25, -0.2) is 0 Å². The van der Waals surface area contributed by atoms with Crippen LogP contribution in [0.5, 0.6) is 0 Å². The first kappa shape index (κ1) is 19.1. The van der Waals surface area contributed by atoms with Crippen LogP contribution in [-0.2, 0) is 14.4 Å². The normalized spacial score (nSPS) is 11.4. The molecule has 2 rings (SSSR count). The van der Waals surface area contributed by atoms with Crippen LogP contribution in [-0.4, -0.2) is 30.1 Å². The van der Waals surface area contributed by atoms with Crippen molar-refractivity contribution >= 4 is 11.8 Å². The Morgan fingerprint density at radius 3 is 2.42 bits per heavy atom. The molecule has 0 heterocycles. The maximum absolute atomic E-state index is 12.5. The summed E-state index contributed by atoms with van der Waals surface area (Å²) in [6.07, 6.45) is 0.228. The van der Waals surface area contributed by atoms with Crippen molar-refractivity contribution in [3.05, 3.63) is 81.4 Å². The van der Waals surface area contributed by atoms with Gasteiger partial charge in [0, 0.05) is 17.5 Å². The fourth-order valence-electron chi connectivity index (χ4n) is 2.34. The molecule has 0 aliphatic heterocycles. The molecule has 0 radical (unpaired) electrons. The lowest BCUT2D eigenvalue weighted by molar-refractivity contribution is -0.757. The van der Waals surface area contributed by atoms with E-state index in [2.05, 4.69) is 4.84 Å². The number of rotatable bonds is 9. The summed E-state index contributed by atoms with van der Waals surface area (Å²) < 4.78 is 5.10. The zero-order valence-electron chi connectivity index (χ0n) is 14.3. The second-order valence-electron chi connectivity index (χ2n) is 5.62. The van der Waals surface area contributed by atoms with Crippen molar-refractivity contribution in [2.75, 3.05) is 13.2 Å². The summed E-state index contributed by atoms with van der Waals surface area (Å²) in [5, 5.41) is 9.14. The number of ketones is 1. The summed E-state index contributed by atoms with van der Waals surface area (Å²) in [6, 6.07) is 15.7. The van der Waals surface area contributed by atoms with Crippen molar-refractivity contribution in [3.63, 3.8) is 0 Å². The minimum atomic E-state index is -0.889. The van der Waals surface area contributed by atoms with E-state index in [4.69, 9.17) is 4.74 Å². The maximum atomic E-state index is 12.5. The van der Waals surface area contributed by atoms with Crippen molar-refractivity contribution in [2.45, 2.75) is 19.3 Å². The van der Waals surface area contributed by atoms with Crippen LogP contribution < -0.4 is 0 Å². The summed E-state index contributed by atoms with van der Waals surface area (Å²) in [6.45, 7) is 1.58. The molecule has 2 aromatic carbocycles. The van der Waals surface area contributed by atoms with E-state index >= 15 is 0 Å². The summed E-state index contributed by atoms with van der Waals surface area (Å²) >= 11 is 0. The van der Waals surface area contributed by atoms with E-state index in [9.17, 15) is 19.7 Å². The second kappa shape index (κ2) is 9.31. The first-order chi connectivity index (χ1) is 12.5. The quantitative estimate of drug-likeness (QED) is 0.225. The molecule has 0 N–H and O–H groups in total. The number of benzene rings is 2. The Balaban J connectivity index is 1.97. The van der Waals surface area contributed by atoms with Gasteiger partial charge in [-0.1, -0.05) is 48.5 Å². The van der Waals surface area contributed by atoms with Crippen molar-refractivity contribution in [1.82, 2.24) is 0 Å². The lowest BCUT2D eigenvalue weighted by Gasteiger charge is -2.13. The summed E-state index contributed by atoms with van der Waals surface area (Å²) in [4.78, 5) is 38.8. The highest BCUT2D eigenvalue weighted by atomic mass is 16.9. The van der Waals surface area contributed by atoms with Crippen LogP contribution in [0.1, 0.15) is 40.7 Å². The Morgan fingerprint density at radius 2 is 1.73 bits per heavy atom. The maximum Gasteiger partial charge on any atom is 0.313 e. The van der Waals surface area contributed by atoms with E-state index < -0.39 is 17.0 Å². The van der Waals surface area contributed by atoms with Gasteiger partial charge in [0.25, 0.3) is 5.09 Å². The van der Waals surface area contributed by atoms with E-state index in [1.54, 1.807) is 55.5 Å². The predicted molar refractivity (Wildman–Crippen MR) is 93.3 cm³/mol. The Bertz CT molecular complexity index is 775. The highest BCUT2D eigenvalue weighted by Gasteiger charge is 2.18. The summed E-state index contributed by atoms with van der Waals surface area (Å²) in [7, 11) is 0. The summed E-state index contributed by atoms with van der Waals surface area (Å²) in [5.74, 6) is -1.14. The molecule has 0 aliphatic rings. The molecule has 7 nitrogen and oxygen atoms in total. The van der Waals surface area contributed by atoms with Crippen molar-refractivity contribution in [1.29, 1.82) is 0 Å². The first-order valence-electron chi connectivity index (χ1n) is 8.12. The van der Waals surface area contributed by atoms with Gasteiger partial charge in [-0.15, -0.1) is 10.1 Å².